The Morgan fingerprint density at radius 3 is 2.54 bits per heavy atom. The van der Waals surface area contributed by atoms with Gasteiger partial charge >= 0.3 is 0 Å². The number of hydrogen-bond donors (Lipinski definition) is 3. The number of ether oxygens (including phenoxy) is 3. The van der Waals surface area contributed by atoms with Gasteiger partial charge in [0.05, 0.1) is 32.6 Å². The van der Waals surface area contributed by atoms with Crippen LogP contribution in [0.5, 0.6) is 17.2 Å². The van der Waals surface area contributed by atoms with E-state index in [4.69, 9.17) is 14.2 Å². The zero-order valence-electron chi connectivity index (χ0n) is 20.2. The molecule has 10 heteroatoms. The number of rotatable bonds is 9. The standard InChI is InChI=1S/C25H29N5O5/c1-15-21(24(32)27-17-10-5-6-11-18(17)33-2)22(16-9-7-12-19(34-3)23(16)35-4)30-25(26-15)28-20(29-30)13-8-14-31/h5-7,9-12,22,31H,8,13-14H2,1-4H3,(H,27,32)(H,26,28,29)/t22-/m1/s1. The van der Waals surface area contributed by atoms with E-state index in [9.17, 15) is 9.90 Å². The number of carbonyl (C=O) groups is 1. The second-order valence-corrected chi connectivity index (χ2v) is 7.93. The van der Waals surface area contributed by atoms with E-state index in [1.165, 1.54) is 0 Å². The number of nitrogens with zero attached hydrogens (tertiary/aromatic N) is 3. The van der Waals surface area contributed by atoms with Crippen molar-refractivity contribution in [1.29, 1.82) is 0 Å². The van der Waals surface area contributed by atoms with Gasteiger partial charge in [0.15, 0.2) is 17.3 Å². The van der Waals surface area contributed by atoms with E-state index in [0.717, 1.165) is 0 Å². The molecule has 0 fully saturated rings. The van der Waals surface area contributed by atoms with Crippen molar-refractivity contribution in [2.75, 3.05) is 38.6 Å². The molecule has 3 aromatic rings. The summed E-state index contributed by atoms with van der Waals surface area (Å²) < 4.78 is 18.3. The van der Waals surface area contributed by atoms with Crippen molar-refractivity contribution in [3.63, 3.8) is 0 Å². The average molecular weight is 480 g/mol. The molecule has 0 saturated heterocycles. The molecule has 3 N–H and O–H groups in total. The van der Waals surface area contributed by atoms with Crippen LogP contribution in [0.3, 0.4) is 0 Å². The largest absolute Gasteiger partial charge is 0.495 e. The molecule has 1 aromatic heterocycles. The number of allylic oxidation sites excluding steroid dienone is 1. The zero-order chi connectivity index (χ0) is 24.9. The second-order valence-electron chi connectivity index (χ2n) is 7.93. The fourth-order valence-corrected chi connectivity index (χ4v) is 4.18. The number of hydrogen-bond acceptors (Lipinski definition) is 8. The van der Waals surface area contributed by atoms with E-state index in [0.29, 0.717) is 64.4 Å². The number of aryl methyl sites for hydroxylation is 1. The number of benzene rings is 2. The van der Waals surface area contributed by atoms with Crippen molar-refractivity contribution in [3.05, 3.63) is 65.1 Å². The lowest BCUT2D eigenvalue weighted by Crippen LogP contribution is -2.32. The Hall–Kier alpha value is -4.05. The van der Waals surface area contributed by atoms with E-state index in [-0.39, 0.29) is 12.5 Å². The van der Waals surface area contributed by atoms with E-state index in [1.807, 2.05) is 31.2 Å². The smallest absolute Gasteiger partial charge is 0.255 e. The summed E-state index contributed by atoms with van der Waals surface area (Å²) in [7, 11) is 4.67. The van der Waals surface area contributed by atoms with Gasteiger partial charge in [0.1, 0.15) is 11.8 Å². The highest BCUT2D eigenvalue weighted by Crippen LogP contribution is 2.43. The van der Waals surface area contributed by atoms with Crippen molar-refractivity contribution >= 4 is 17.5 Å². The summed E-state index contributed by atoms with van der Waals surface area (Å²) in [5, 5.41) is 20.1. The summed E-state index contributed by atoms with van der Waals surface area (Å²) in [5.74, 6) is 2.31. The third kappa shape index (κ3) is 4.65. The molecule has 4 rings (SSSR count). The fourth-order valence-electron chi connectivity index (χ4n) is 4.18. The average Bonchev–Trinajstić information content (AvgIpc) is 3.28. The first-order valence-electron chi connectivity index (χ1n) is 11.2. The topological polar surface area (TPSA) is 120 Å². The second kappa shape index (κ2) is 10.5. The Bertz CT molecular complexity index is 1250. The zero-order valence-corrected chi connectivity index (χ0v) is 20.2. The first-order chi connectivity index (χ1) is 17.0. The number of nitrogens with one attached hydrogen (secondary N) is 2. The Morgan fingerprint density at radius 2 is 1.83 bits per heavy atom. The molecule has 1 aliphatic heterocycles. The van der Waals surface area contributed by atoms with E-state index in [2.05, 4.69) is 20.7 Å². The van der Waals surface area contributed by atoms with Crippen molar-refractivity contribution in [3.8, 4) is 17.2 Å². The van der Waals surface area contributed by atoms with Crippen molar-refractivity contribution in [1.82, 2.24) is 14.8 Å². The van der Waals surface area contributed by atoms with Crippen LogP contribution in [0.15, 0.2) is 53.7 Å². The molecule has 0 saturated carbocycles. The Morgan fingerprint density at radius 1 is 1.09 bits per heavy atom. The van der Waals surface area contributed by atoms with Gasteiger partial charge in [-0.3, -0.25) is 4.79 Å². The molecule has 0 aliphatic carbocycles. The highest BCUT2D eigenvalue weighted by Gasteiger charge is 2.36. The number of fused-ring (bicyclic) bond motifs is 1. The maximum Gasteiger partial charge on any atom is 0.255 e. The monoisotopic (exact) mass is 479 g/mol. The van der Waals surface area contributed by atoms with Crippen LogP contribution >= 0.6 is 0 Å². The lowest BCUT2D eigenvalue weighted by molar-refractivity contribution is -0.113. The maximum atomic E-state index is 13.7. The quantitative estimate of drug-likeness (QED) is 0.428. The molecule has 2 aromatic carbocycles. The van der Waals surface area contributed by atoms with Crippen LogP contribution in [-0.2, 0) is 11.2 Å². The first kappa shape index (κ1) is 24.1. The number of aliphatic hydroxyl groups is 1. The molecule has 0 bridgehead atoms. The minimum absolute atomic E-state index is 0.0360. The summed E-state index contributed by atoms with van der Waals surface area (Å²) in [6, 6.07) is 12.1. The summed E-state index contributed by atoms with van der Waals surface area (Å²) in [6.07, 6.45) is 1.03. The predicted octanol–water partition coefficient (Wildman–Crippen LogP) is 3.16. The molecule has 0 radical (unpaired) electrons. The van der Waals surface area contributed by atoms with Crippen LogP contribution < -0.4 is 24.8 Å². The lowest BCUT2D eigenvalue weighted by atomic mass is 9.94. The highest BCUT2D eigenvalue weighted by atomic mass is 16.5. The number of methoxy groups -OCH3 is 3. The minimum Gasteiger partial charge on any atom is -0.495 e. The third-order valence-electron chi connectivity index (χ3n) is 5.78. The number of aromatic nitrogens is 3. The van der Waals surface area contributed by atoms with Gasteiger partial charge in [0.2, 0.25) is 5.95 Å². The van der Waals surface area contributed by atoms with Crippen LogP contribution in [0.1, 0.15) is 30.8 Å². The Kier molecular flexibility index (Phi) is 7.21. The normalized spacial score (nSPS) is 14.7. The van der Waals surface area contributed by atoms with Gasteiger partial charge in [-0.15, -0.1) is 0 Å². The molecule has 10 nitrogen and oxygen atoms in total. The maximum absolute atomic E-state index is 13.7. The molecule has 1 aliphatic rings. The van der Waals surface area contributed by atoms with Crippen LogP contribution in [0.2, 0.25) is 0 Å². The molecular formula is C25H29N5O5. The van der Waals surface area contributed by atoms with Crippen LogP contribution in [0, 0.1) is 0 Å². The lowest BCUT2D eigenvalue weighted by Gasteiger charge is -2.30. The Labute approximate surface area is 203 Å². The number of carbonyl (C=O) groups excluding carboxylic acids is 1. The van der Waals surface area contributed by atoms with Crippen molar-refractivity contribution < 1.29 is 24.1 Å². The van der Waals surface area contributed by atoms with E-state index >= 15 is 0 Å². The highest BCUT2D eigenvalue weighted by molar-refractivity contribution is 6.06. The van der Waals surface area contributed by atoms with Gasteiger partial charge in [-0.2, -0.15) is 10.1 Å². The fraction of sp³-hybridized carbons (Fsp3) is 0.320. The number of aliphatic hydroxyl groups excluding tert-OH is 1. The van der Waals surface area contributed by atoms with E-state index < -0.39 is 6.04 Å². The summed E-state index contributed by atoms with van der Waals surface area (Å²) in [5.41, 5.74) is 2.30. The molecule has 1 amide bonds. The Balaban J connectivity index is 1.84. The molecule has 0 unspecified atom stereocenters. The molecule has 1 atom stereocenters. The number of amides is 1. The number of anilines is 2. The van der Waals surface area contributed by atoms with Gasteiger partial charge in [-0.1, -0.05) is 24.3 Å². The van der Waals surface area contributed by atoms with Gasteiger partial charge < -0.3 is 30.0 Å². The third-order valence-corrected chi connectivity index (χ3v) is 5.78. The van der Waals surface area contributed by atoms with Crippen LogP contribution in [-0.4, -0.2) is 53.7 Å². The minimum atomic E-state index is -0.651. The van der Waals surface area contributed by atoms with Crippen molar-refractivity contribution in [2.45, 2.75) is 25.8 Å². The molecular weight excluding hydrogens is 450 g/mol. The van der Waals surface area contributed by atoms with Crippen LogP contribution in [0.4, 0.5) is 11.6 Å². The molecule has 184 valence electrons. The first-order valence-corrected chi connectivity index (χ1v) is 11.2. The van der Waals surface area contributed by atoms with Crippen molar-refractivity contribution in [2.24, 2.45) is 0 Å². The summed E-state index contributed by atoms with van der Waals surface area (Å²) >= 11 is 0. The van der Waals surface area contributed by atoms with Gasteiger partial charge in [-0.25, -0.2) is 4.68 Å². The summed E-state index contributed by atoms with van der Waals surface area (Å²) in [4.78, 5) is 18.3. The molecule has 0 spiro atoms. The van der Waals surface area contributed by atoms with Gasteiger partial charge in [-0.05, 0) is 31.5 Å². The van der Waals surface area contributed by atoms with Crippen LogP contribution in [0.25, 0.3) is 0 Å². The predicted molar refractivity (Wildman–Crippen MR) is 131 cm³/mol. The van der Waals surface area contributed by atoms with Gasteiger partial charge in [0.25, 0.3) is 5.91 Å². The summed E-state index contributed by atoms with van der Waals surface area (Å²) in [6.45, 7) is 1.86. The molecule has 2 heterocycles. The van der Waals surface area contributed by atoms with Gasteiger partial charge in [0, 0.05) is 24.3 Å². The SMILES string of the molecule is COc1ccccc1NC(=O)C1=C(C)Nc2nc(CCCO)nn2[C@@H]1c1cccc(OC)c1OC. The molecule has 35 heavy (non-hydrogen) atoms. The van der Waals surface area contributed by atoms with E-state index in [1.54, 1.807) is 44.2 Å². The number of para-hydroxylation sites is 3.